The molecule has 0 N–H and O–H groups in total. The first kappa shape index (κ1) is 17.3. The Kier molecular flexibility index (Phi) is 4.94. The first-order valence-corrected chi connectivity index (χ1v) is 7.98. The summed E-state index contributed by atoms with van der Waals surface area (Å²) in [6, 6.07) is 6.12. The Morgan fingerprint density at radius 3 is 1.96 bits per heavy atom. The fourth-order valence-electron chi connectivity index (χ4n) is 2.64. The van der Waals surface area contributed by atoms with E-state index in [9.17, 15) is 18.4 Å². The highest BCUT2D eigenvalue weighted by Crippen LogP contribution is 2.15. The molecule has 1 fully saturated rings. The van der Waals surface area contributed by atoms with E-state index >= 15 is 0 Å². The molecular formula is C17H14ClF2N3O2. The van der Waals surface area contributed by atoms with Crippen LogP contribution in [0.4, 0.5) is 8.78 Å². The number of nitrogens with zero attached hydrogens (tertiary/aromatic N) is 3. The number of benzene rings is 1. The van der Waals surface area contributed by atoms with E-state index in [0.29, 0.717) is 31.7 Å². The summed E-state index contributed by atoms with van der Waals surface area (Å²) in [5.74, 6) is -2.64. The summed E-state index contributed by atoms with van der Waals surface area (Å²) in [6.45, 7) is 1.30. The molecule has 0 bridgehead atoms. The summed E-state index contributed by atoms with van der Waals surface area (Å²) in [7, 11) is 0. The van der Waals surface area contributed by atoms with E-state index in [4.69, 9.17) is 11.6 Å². The van der Waals surface area contributed by atoms with Crippen molar-refractivity contribution in [1.82, 2.24) is 14.8 Å². The summed E-state index contributed by atoms with van der Waals surface area (Å²) in [5, 5.41) is 0.234. The molecule has 1 aromatic heterocycles. The van der Waals surface area contributed by atoms with Crippen LogP contribution >= 0.6 is 11.6 Å². The Labute approximate surface area is 147 Å². The number of hydrogen-bond acceptors (Lipinski definition) is 3. The minimum Gasteiger partial charge on any atom is -0.335 e. The number of amides is 2. The number of carbonyl (C=O) groups is 2. The molecule has 0 atom stereocenters. The van der Waals surface area contributed by atoms with Gasteiger partial charge in [0.1, 0.15) is 5.15 Å². The molecule has 25 heavy (non-hydrogen) atoms. The smallest absolute Gasteiger partial charge is 0.254 e. The number of pyridine rings is 1. The fraction of sp³-hybridized carbons (Fsp3) is 0.235. The number of rotatable bonds is 2. The van der Waals surface area contributed by atoms with E-state index in [1.54, 1.807) is 11.0 Å². The van der Waals surface area contributed by atoms with Gasteiger partial charge in [-0.25, -0.2) is 13.8 Å². The van der Waals surface area contributed by atoms with Crippen molar-refractivity contribution in [3.05, 3.63) is 64.4 Å². The number of carbonyl (C=O) groups excluding carboxylic acids is 2. The SMILES string of the molecule is O=C(c1ccnc(Cl)c1)N1CCN(C(=O)c2ccc(F)c(F)c2)CC1. The largest absolute Gasteiger partial charge is 0.335 e. The van der Waals surface area contributed by atoms with Gasteiger partial charge in [-0.15, -0.1) is 0 Å². The van der Waals surface area contributed by atoms with Crippen LogP contribution in [0.2, 0.25) is 5.15 Å². The van der Waals surface area contributed by atoms with E-state index in [1.807, 2.05) is 0 Å². The summed E-state index contributed by atoms with van der Waals surface area (Å²) in [6.07, 6.45) is 1.46. The van der Waals surface area contributed by atoms with Crippen LogP contribution in [0.15, 0.2) is 36.5 Å². The maximum Gasteiger partial charge on any atom is 0.254 e. The molecule has 1 aliphatic heterocycles. The third kappa shape index (κ3) is 3.76. The third-order valence-corrected chi connectivity index (χ3v) is 4.20. The van der Waals surface area contributed by atoms with E-state index in [1.165, 1.54) is 23.2 Å². The molecule has 2 aromatic rings. The molecule has 2 heterocycles. The van der Waals surface area contributed by atoms with Crippen molar-refractivity contribution in [3.63, 3.8) is 0 Å². The summed E-state index contributed by atoms with van der Waals surface area (Å²) in [5.41, 5.74) is 0.514. The van der Waals surface area contributed by atoms with Gasteiger partial charge in [0.05, 0.1) is 0 Å². The molecular weight excluding hydrogens is 352 g/mol. The van der Waals surface area contributed by atoms with Gasteiger partial charge in [0.15, 0.2) is 11.6 Å². The second-order valence-corrected chi connectivity index (χ2v) is 5.97. The molecule has 0 radical (unpaired) electrons. The minimum absolute atomic E-state index is 0.0830. The molecule has 2 amide bonds. The Morgan fingerprint density at radius 1 is 0.880 bits per heavy atom. The van der Waals surface area contributed by atoms with Crippen molar-refractivity contribution < 1.29 is 18.4 Å². The lowest BCUT2D eigenvalue weighted by atomic mass is 10.1. The minimum atomic E-state index is -1.06. The molecule has 130 valence electrons. The lowest BCUT2D eigenvalue weighted by Crippen LogP contribution is -2.50. The number of halogens is 3. The van der Waals surface area contributed by atoms with E-state index in [2.05, 4.69) is 4.98 Å². The standard InChI is InChI=1S/C17H14ClF2N3O2/c18-15-10-12(3-4-21-15)17(25)23-7-5-22(6-8-23)16(24)11-1-2-13(19)14(20)9-11/h1-4,9-10H,5-8H2. The van der Waals surface area contributed by atoms with Gasteiger partial charge in [-0.05, 0) is 30.3 Å². The molecule has 1 aromatic carbocycles. The van der Waals surface area contributed by atoms with Gasteiger partial charge in [0, 0.05) is 43.5 Å². The van der Waals surface area contributed by atoms with Gasteiger partial charge >= 0.3 is 0 Å². The lowest BCUT2D eigenvalue weighted by Gasteiger charge is -2.34. The van der Waals surface area contributed by atoms with Gasteiger partial charge < -0.3 is 9.80 Å². The predicted octanol–water partition coefficient (Wildman–Crippen LogP) is 2.61. The zero-order chi connectivity index (χ0) is 18.0. The summed E-state index contributed by atoms with van der Waals surface area (Å²) < 4.78 is 26.3. The van der Waals surface area contributed by atoms with Gasteiger partial charge in [0.2, 0.25) is 0 Å². The molecule has 0 aliphatic carbocycles. The highest BCUT2D eigenvalue weighted by molar-refractivity contribution is 6.29. The van der Waals surface area contributed by atoms with Gasteiger partial charge in [-0.2, -0.15) is 0 Å². The Balaban J connectivity index is 1.64. The van der Waals surface area contributed by atoms with Gasteiger partial charge in [0.25, 0.3) is 11.8 Å². The first-order chi connectivity index (χ1) is 12.0. The van der Waals surface area contributed by atoms with Crippen LogP contribution in [0.25, 0.3) is 0 Å². The quantitative estimate of drug-likeness (QED) is 0.769. The number of piperazine rings is 1. The van der Waals surface area contributed by atoms with Crippen LogP contribution in [0, 0.1) is 11.6 Å². The average Bonchev–Trinajstić information content (AvgIpc) is 2.63. The molecule has 0 saturated carbocycles. The van der Waals surface area contributed by atoms with E-state index in [0.717, 1.165) is 12.1 Å². The Hall–Kier alpha value is -2.54. The van der Waals surface area contributed by atoms with Crippen LogP contribution < -0.4 is 0 Å². The molecule has 1 saturated heterocycles. The normalized spacial score (nSPS) is 14.5. The van der Waals surface area contributed by atoms with Crippen molar-refractivity contribution in [2.45, 2.75) is 0 Å². The Morgan fingerprint density at radius 2 is 1.44 bits per heavy atom. The first-order valence-electron chi connectivity index (χ1n) is 7.61. The highest BCUT2D eigenvalue weighted by atomic mass is 35.5. The number of aromatic nitrogens is 1. The van der Waals surface area contributed by atoms with Crippen molar-refractivity contribution in [2.75, 3.05) is 26.2 Å². The summed E-state index contributed by atoms with van der Waals surface area (Å²) in [4.78, 5) is 31.7. The fourth-order valence-corrected chi connectivity index (χ4v) is 2.82. The molecule has 3 rings (SSSR count). The third-order valence-electron chi connectivity index (χ3n) is 3.99. The van der Waals surface area contributed by atoms with Crippen molar-refractivity contribution in [2.24, 2.45) is 0 Å². The molecule has 1 aliphatic rings. The Bertz CT molecular complexity index is 823. The maximum atomic E-state index is 13.3. The highest BCUT2D eigenvalue weighted by Gasteiger charge is 2.26. The van der Waals surface area contributed by atoms with Crippen LogP contribution in [-0.2, 0) is 0 Å². The van der Waals surface area contributed by atoms with Crippen LogP contribution in [0.5, 0.6) is 0 Å². The van der Waals surface area contributed by atoms with Gasteiger partial charge in [-0.1, -0.05) is 11.6 Å². The number of hydrogen-bond donors (Lipinski definition) is 0. The van der Waals surface area contributed by atoms with E-state index in [-0.39, 0.29) is 16.6 Å². The molecule has 5 nitrogen and oxygen atoms in total. The van der Waals surface area contributed by atoms with Crippen molar-refractivity contribution in [1.29, 1.82) is 0 Å². The van der Waals surface area contributed by atoms with Crippen LogP contribution in [-0.4, -0.2) is 52.8 Å². The van der Waals surface area contributed by atoms with Crippen LogP contribution in [0.3, 0.4) is 0 Å². The summed E-state index contributed by atoms with van der Waals surface area (Å²) >= 11 is 5.79. The predicted molar refractivity (Wildman–Crippen MR) is 87.4 cm³/mol. The second-order valence-electron chi connectivity index (χ2n) is 5.58. The monoisotopic (exact) mass is 365 g/mol. The van der Waals surface area contributed by atoms with Crippen LogP contribution in [0.1, 0.15) is 20.7 Å². The molecule has 8 heteroatoms. The van der Waals surface area contributed by atoms with Crippen molar-refractivity contribution in [3.8, 4) is 0 Å². The van der Waals surface area contributed by atoms with E-state index < -0.39 is 17.5 Å². The molecule has 0 spiro atoms. The lowest BCUT2D eigenvalue weighted by molar-refractivity contribution is 0.0535. The zero-order valence-corrected chi connectivity index (χ0v) is 13.8. The van der Waals surface area contributed by atoms with Gasteiger partial charge in [-0.3, -0.25) is 9.59 Å². The van der Waals surface area contributed by atoms with Crippen molar-refractivity contribution >= 4 is 23.4 Å². The maximum absolute atomic E-state index is 13.3. The topological polar surface area (TPSA) is 53.5 Å². The zero-order valence-electron chi connectivity index (χ0n) is 13.1. The molecule has 0 unspecified atom stereocenters. The second kappa shape index (κ2) is 7.14. The average molecular weight is 366 g/mol.